The molecule has 0 bridgehead atoms. The molecule has 2 aliphatic rings. The van der Waals surface area contributed by atoms with Crippen molar-refractivity contribution in [1.82, 2.24) is 0 Å². The fourth-order valence-electron chi connectivity index (χ4n) is 2.74. The smallest absolute Gasteiger partial charge is 0.253 e. The molecule has 3 rings (SSSR count). The Hall–Kier alpha value is -2.21. The number of rotatable bonds is 3. The van der Waals surface area contributed by atoms with E-state index in [1.54, 1.807) is 24.3 Å². The van der Waals surface area contributed by atoms with E-state index in [0.717, 1.165) is 12.8 Å². The first-order valence-corrected chi connectivity index (χ1v) is 7.53. The Labute approximate surface area is 128 Å². The van der Waals surface area contributed by atoms with Gasteiger partial charge in [0.2, 0.25) is 11.8 Å². The molecule has 6 nitrogen and oxygen atoms in total. The summed E-state index contributed by atoms with van der Waals surface area (Å²) in [6, 6.07) is 6.73. The number of nitrogens with zero attached hydrogens (tertiary/aromatic N) is 1. The van der Waals surface area contributed by atoms with Crippen LogP contribution < -0.4 is 10.2 Å². The highest BCUT2D eigenvalue weighted by molar-refractivity contribution is 6.16. The minimum Gasteiger partial charge on any atom is -0.368 e. The fraction of sp³-hybridized carbons (Fsp3) is 0.438. The molecule has 2 heterocycles. The number of ether oxygens (including phenoxy) is 1. The van der Waals surface area contributed by atoms with Crippen LogP contribution in [0.1, 0.15) is 32.1 Å². The van der Waals surface area contributed by atoms with E-state index in [1.165, 1.54) is 4.90 Å². The molecule has 6 heteroatoms. The Kier molecular flexibility index (Phi) is 4.20. The molecule has 0 aliphatic carbocycles. The molecule has 0 spiro atoms. The van der Waals surface area contributed by atoms with Gasteiger partial charge in [-0.1, -0.05) is 0 Å². The number of nitrogens with one attached hydrogen (secondary N) is 1. The maximum atomic E-state index is 12.0. The van der Waals surface area contributed by atoms with Crippen molar-refractivity contribution in [1.29, 1.82) is 0 Å². The third-order valence-electron chi connectivity index (χ3n) is 3.90. The maximum absolute atomic E-state index is 12.0. The van der Waals surface area contributed by atoms with Crippen LogP contribution in [-0.2, 0) is 19.1 Å². The number of imide groups is 1. The summed E-state index contributed by atoms with van der Waals surface area (Å²) in [5, 5.41) is 2.78. The zero-order chi connectivity index (χ0) is 15.5. The van der Waals surface area contributed by atoms with Crippen molar-refractivity contribution in [3.05, 3.63) is 24.3 Å². The lowest BCUT2D eigenvalue weighted by atomic mass is 10.1. The van der Waals surface area contributed by atoms with Crippen molar-refractivity contribution >= 4 is 29.1 Å². The van der Waals surface area contributed by atoms with Gasteiger partial charge in [-0.15, -0.1) is 0 Å². The Bertz CT molecular complexity index is 575. The van der Waals surface area contributed by atoms with Crippen LogP contribution in [0, 0.1) is 0 Å². The molecule has 1 aromatic rings. The Morgan fingerprint density at radius 2 is 1.77 bits per heavy atom. The summed E-state index contributed by atoms with van der Waals surface area (Å²) >= 11 is 0. The molecule has 0 unspecified atom stereocenters. The first-order valence-electron chi connectivity index (χ1n) is 7.53. The van der Waals surface area contributed by atoms with Crippen molar-refractivity contribution in [2.24, 2.45) is 0 Å². The second-order valence-corrected chi connectivity index (χ2v) is 5.51. The van der Waals surface area contributed by atoms with E-state index < -0.39 is 0 Å². The number of benzene rings is 1. The standard InChI is InChI=1S/C16H18N2O4/c19-14-4-1-5-15(20)18(14)12-8-6-11(7-9-12)17-16(21)13-3-2-10-22-13/h6-9,13H,1-5,10H2,(H,17,21)/t13-/m1/s1. The number of hydrogen-bond donors (Lipinski definition) is 1. The number of carbonyl (C=O) groups excluding carboxylic acids is 3. The van der Waals surface area contributed by atoms with Crippen molar-refractivity contribution in [3.63, 3.8) is 0 Å². The molecule has 1 N–H and O–H groups in total. The highest BCUT2D eigenvalue weighted by atomic mass is 16.5. The van der Waals surface area contributed by atoms with Gasteiger partial charge in [-0.2, -0.15) is 0 Å². The summed E-state index contributed by atoms with van der Waals surface area (Å²) in [5.74, 6) is -0.504. The van der Waals surface area contributed by atoms with E-state index in [-0.39, 0.29) is 23.8 Å². The number of anilines is 2. The summed E-state index contributed by atoms with van der Waals surface area (Å²) in [6.45, 7) is 0.621. The van der Waals surface area contributed by atoms with E-state index >= 15 is 0 Å². The van der Waals surface area contributed by atoms with Crippen LogP contribution in [0.4, 0.5) is 11.4 Å². The monoisotopic (exact) mass is 302 g/mol. The molecule has 2 fully saturated rings. The van der Waals surface area contributed by atoms with Crippen LogP contribution in [0.15, 0.2) is 24.3 Å². The van der Waals surface area contributed by atoms with Crippen molar-refractivity contribution in [3.8, 4) is 0 Å². The van der Waals surface area contributed by atoms with Gasteiger partial charge in [0.25, 0.3) is 5.91 Å². The Morgan fingerprint density at radius 3 is 2.36 bits per heavy atom. The predicted octanol–water partition coefficient (Wildman–Crippen LogP) is 1.85. The molecule has 1 atom stereocenters. The van der Waals surface area contributed by atoms with Gasteiger partial charge < -0.3 is 10.1 Å². The van der Waals surface area contributed by atoms with Crippen molar-refractivity contribution in [2.75, 3.05) is 16.8 Å². The van der Waals surface area contributed by atoms with Crippen molar-refractivity contribution < 1.29 is 19.1 Å². The summed E-state index contributed by atoms with van der Waals surface area (Å²) in [4.78, 5) is 36.9. The Morgan fingerprint density at radius 1 is 1.09 bits per heavy atom. The molecule has 1 aromatic carbocycles. The number of carbonyl (C=O) groups is 3. The quantitative estimate of drug-likeness (QED) is 0.865. The molecule has 2 aliphatic heterocycles. The van der Waals surface area contributed by atoms with Gasteiger partial charge in [-0.25, -0.2) is 0 Å². The van der Waals surface area contributed by atoms with Gasteiger partial charge >= 0.3 is 0 Å². The summed E-state index contributed by atoms with van der Waals surface area (Å²) in [6.07, 6.45) is 2.65. The summed E-state index contributed by atoms with van der Waals surface area (Å²) in [7, 11) is 0. The van der Waals surface area contributed by atoms with Crippen LogP contribution in [0.5, 0.6) is 0 Å². The van der Waals surface area contributed by atoms with Gasteiger partial charge in [0, 0.05) is 25.1 Å². The second-order valence-electron chi connectivity index (χ2n) is 5.51. The van der Waals surface area contributed by atoms with Gasteiger partial charge in [0.1, 0.15) is 6.10 Å². The molecule has 3 amide bonds. The molecule has 22 heavy (non-hydrogen) atoms. The van der Waals surface area contributed by atoms with Crippen LogP contribution >= 0.6 is 0 Å². The van der Waals surface area contributed by atoms with E-state index in [1.807, 2.05) is 0 Å². The average molecular weight is 302 g/mol. The van der Waals surface area contributed by atoms with Gasteiger partial charge in [-0.05, 0) is 43.5 Å². The third-order valence-corrected chi connectivity index (χ3v) is 3.90. The zero-order valence-corrected chi connectivity index (χ0v) is 12.2. The van der Waals surface area contributed by atoms with Crippen LogP contribution in [0.2, 0.25) is 0 Å². The minimum absolute atomic E-state index is 0.157. The van der Waals surface area contributed by atoms with E-state index in [2.05, 4.69) is 5.32 Å². The summed E-state index contributed by atoms with van der Waals surface area (Å²) in [5.41, 5.74) is 1.17. The maximum Gasteiger partial charge on any atom is 0.253 e. The lowest BCUT2D eigenvalue weighted by molar-refractivity contribution is -0.129. The molecule has 0 radical (unpaired) electrons. The van der Waals surface area contributed by atoms with Crippen LogP contribution in [-0.4, -0.2) is 30.4 Å². The SMILES string of the molecule is O=C(Nc1ccc(N2C(=O)CCCC2=O)cc1)[C@H]1CCCO1. The lowest BCUT2D eigenvalue weighted by Gasteiger charge is -2.25. The molecular formula is C16H18N2O4. The van der Waals surface area contributed by atoms with Gasteiger partial charge in [0.15, 0.2) is 0 Å². The van der Waals surface area contributed by atoms with E-state index in [9.17, 15) is 14.4 Å². The third kappa shape index (κ3) is 3.01. The normalized spacial score (nSPS) is 22.0. The molecule has 116 valence electrons. The predicted molar refractivity (Wildman–Crippen MR) is 80.4 cm³/mol. The molecule has 2 saturated heterocycles. The number of piperidine rings is 1. The minimum atomic E-state index is -0.384. The topological polar surface area (TPSA) is 75.7 Å². The Balaban J connectivity index is 1.68. The fourth-order valence-corrected chi connectivity index (χ4v) is 2.74. The highest BCUT2D eigenvalue weighted by Crippen LogP contribution is 2.24. The molecular weight excluding hydrogens is 284 g/mol. The second kappa shape index (κ2) is 6.27. The van der Waals surface area contributed by atoms with E-state index in [4.69, 9.17) is 4.74 Å². The number of hydrogen-bond acceptors (Lipinski definition) is 4. The van der Waals surface area contributed by atoms with Gasteiger partial charge in [-0.3, -0.25) is 19.3 Å². The summed E-state index contributed by atoms with van der Waals surface area (Å²) < 4.78 is 5.32. The largest absolute Gasteiger partial charge is 0.368 e. The van der Waals surface area contributed by atoms with Gasteiger partial charge in [0.05, 0.1) is 5.69 Å². The zero-order valence-electron chi connectivity index (χ0n) is 12.2. The van der Waals surface area contributed by atoms with Crippen LogP contribution in [0.3, 0.4) is 0 Å². The first-order chi connectivity index (χ1) is 10.6. The average Bonchev–Trinajstić information content (AvgIpc) is 3.03. The molecule has 0 aromatic heterocycles. The van der Waals surface area contributed by atoms with E-state index in [0.29, 0.717) is 37.2 Å². The van der Waals surface area contributed by atoms with Crippen LogP contribution in [0.25, 0.3) is 0 Å². The highest BCUT2D eigenvalue weighted by Gasteiger charge is 2.27. The van der Waals surface area contributed by atoms with Crippen molar-refractivity contribution in [2.45, 2.75) is 38.2 Å². The number of amides is 3. The molecule has 0 saturated carbocycles. The lowest BCUT2D eigenvalue weighted by Crippen LogP contribution is -2.40. The first kappa shape index (κ1) is 14.7.